The Hall–Kier alpha value is -4.05. The standard InChI is InChI=1S/C24H20FN3O5S/c1-3-32-24(31)21-16-13-34-22(26-19(29)12-33-18-10-5-4-9-17(18)25)20(16)23(30)28(27-21)15-8-6-7-14(2)11-15/h4-11,13H,3,12H2,1-2H3,(H,26,29). The van der Waals surface area contributed by atoms with Crippen LogP contribution < -0.4 is 15.6 Å². The summed E-state index contributed by atoms with van der Waals surface area (Å²) >= 11 is 1.06. The number of nitrogens with zero attached hydrogens (tertiary/aromatic N) is 2. The van der Waals surface area contributed by atoms with Crippen molar-refractivity contribution in [3.05, 3.63) is 81.3 Å². The number of rotatable bonds is 7. The number of thiophene rings is 1. The molecule has 0 saturated heterocycles. The Bertz CT molecular complexity index is 1450. The number of fused-ring (bicyclic) bond motifs is 1. The molecule has 0 aliphatic carbocycles. The predicted octanol–water partition coefficient (Wildman–Crippen LogP) is 4.09. The molecule has 4 rings (SSSR count). The number of hydrogen-bond donors (Lipinski definition) is 1. The number of ether oxygens (including phenoxy) is 2. The molecular formula is C24H20FN3O5S. The lowest BCUT2D eigenvalue weighted by Gasteiger charge is -2.11. The maximum atomic E-state index is 13.7. The molecule has 0 unspecified atom stereocenters. The first-order valence-electron chi connectivity index (χ1n) is 10.3. The highest BCUT2D eigenvalue weighted by molar-refractivity contribution is 7.16. The SMILES string of the molecule is CCOC(=O)c1nn(-c2cccc(C)c2)c(=O)c2c(NC(=O)COc3ccccc3F)scc12. The van der Waals surface area contributed by atoms with Crippen molar-refractivity contribution in [3.63, 3.8) is 0 Å². The van der Waals surface area contributed by atoms with Gasteiger partial charge >= 0.3 is 5.97 Å². The number of para-hydroxylation sites is 1. The predicted molar refractivity (Wildman–Crippen MR) is 126 cm³/mol. The molecule has 0 saturated carbocycles. The van der Waals surface area contributed by atoms with Crippen LogP contribution in [0.1, 0.15) is 23.0 Å². The minimum atomic E-state index is -0.688. The summed E-state index contributed by atoms with van der Waals surface area (Å²) in [5, 5.41) is 9.05. The first kappa shape index (κ1) is 23.1. The molecule has 10 heteroatoms. The number of anilines is 1. The van der Waals surface area contributed by atoms with Gasteiger partial charge in [0.1, 0.15) is 5.00 Å². The minimum absolute atomic E-state index is 0.0442. The number of carbonyl (C=O) groups excluding carboxylic acids is 2. The normalized spacial score (nSPS) is 10.8. The molecule has 1 N–H and O–H groups in total. The second-order valence-corrected chi connectivity index (χ2v) is 8.13. The third kappa shape index (κ3) is 4.67. The summed E-state index contributed by atoms with van der Waals surface area (Å²) in [5.74, 6) is -1.94. The number of nitrogens with one attached hydrogen (secondary N) is 1. The number of hydrogen-bond acceptors (Lipinski definition) is 7. The van der Waals surface area contributed by atoms with E-state index in [4.69, 9.17) is 9.47 Å². The Labute approximate surface area is 197 Å². The van der Waals surface area contributed by atoms with Crippen molar-refractivity contribution >= 4 is 39.0 Å². The van der Waals surface area contributed by atoms with Crippen LogP contribution in [0.4, 0.5) is 9.39 Å². The quantitative estimate of drug-likeness (QED) is 0.399. The lowest BCUT2D eigenvalue weighted by Crippen LogP contribution is -2.26. The fraction of sp³-hybridized carbons (Fsp3) is 0.167. The maximum absolute atomic E-state index is 13.7. The molecule has 2 aromatic heterocycles. The monoisotopic (exact) mass is 481 g/mol. The summed E-state index contributed by atoms with van der Waals surface area (Å²) in [6.45, 7) is 3.20. The lowest BCUT2D eigenvalue weighted by molar-refractivity contribution is -0.118. The largest absolute Gasteiger partial charge is 0.481 e. The van der Waals surface area contributed by atoms with Crippen molar-refractivity contribution in [2.75, 3.05) is 18.5 Å². The van der Waals surface area contributed by atoms with Gasteiger partial charge in [0.15, 0.2) is 23.9 Å². The highest BCUT2D eigenvalue weighted by Crippen LogP contribution is 2.30. The zero-order chi connectivity index (χ0) is 24.2. The van der Waals surface area contributed by atoms with Crippen molar-refractivity contribution < 1.29 is 23.5 Å². The molecule has 174 valence electrons. The van der Waals surface area contributed by atoms with Gasteiger partial charge in [-0.2, -0.15) is 9.78 Å². The van der Waals surface area contributed by atoms with E-state index in [1.807, 2.05) is 13.0 Å². The Morgan fingerprint density at radius 3 is 2.71 bits per heavy atom. The highest BCUT2D eigenvalue weighted by Gasteiger charge is 2.23. The molecule has 0 atom stereocenters. The Morgan fingerprint density at radius 2 is 1.97 bits per heavy atom. The van der Waals surface area contributed by atoms with E-state index in [-0.39, 0.29) is 33.8 Å². The van der Waals surface area contributed by atoms with E-state index in [1.54, 1.807) is 36.6 Å². The van der Waals surface area contributed by atoms with Crippen LogP contribution in [-0.4, -0.2) is 34.9 Å². The average molecular weight is 482 g/mol. The van der Waals surface area contributed by atoms with Crippen LogP contribution in [-0.2, 0) is 9.53 Å². The van der Waals surface area contributed by atoms with E-state index in [0.717, 1.165) is 21.6 Å². The molecule has 4 aromatic rings. The zero-order valence-electron chi connectivity index (χ0n) is 18.3. The van der Waals surface area contributed by atoms with Gasteiger partial charge in [-0.25, -0.2) is 9.18 Å². The third-order valence-electron chi connectivity index (χ3n) is 4.82. The number of carbonyl (C=O) groups is 2. The van der Waals surface area contributed by atoms with Gasteiger partial charge in [0.25, 0.3) is 11.5 Å². The second-order valence-electron chi connectivity index (χ2n) is 7.25. The number of halogens is 1. The molecular weight excluding hydrogens is 461 g/mol. The average Bonchev–Trinajstić information content (AvgIpc) is 3.23. The van der Waals surface area contributed by atoms with Crippen molar-refractivity contribution in [2.45, 2.75) is 13.8 Å². The van der Waals surface area contributed by atoms with Crippen LogP contribution in [0.3, 0.4) is 0 Å². The van der Waals surface area contributed by atoms with Gasteiger partial charge in [0, 0.05) is 10.8 Å². The molecule has 2 heterocycles. The highest BCUT2D eigenvalue weighted by atomic mass is 32.1. The summed E-state index contributed by atoms with van der Waals surface area (Å²) in [6.07, 6.45) is 0. The minimum Gasteiger partial charge on any atom is -0.481 e. The van der Waals surface area contributed by atoms with Crippen LogP contribution in [0.25, 0.3) is 16.5 Å². The number of aromatic nitrogens is 2. The summed E-state index contributed by atoms with van der Waals surface area (Å²) < 4.78 is 25.2. The van der Waals surface area contributed by atoms with Gasteiger partial charge in [-0.1, -0.05) is 24.3 Å². The van der Waals surface area contributed by atoms with E-state index in [2.05, 4.69) is 10.4 Å². The van der Waals surface area contributed by atoms with Crippen LogP contribution >= 0.6 is 11.3 Å². The van der Waals surface area contributed by atoms with Crippen LogP contribution in [0, 0.1) is 12.7 Å². The van der Waals surface area contributed by atoms with E-state index >= 15 is 0 Å². The smallest absolute Gasteiger partial charge is 0.359 e. The number of benzene rings is 2. The molecule has 34 heavy (non-hydrogen) atoms. The molecule has 0 spiro atoms. The fourth-order valence-corrected chi connectivity index (χ4v) is 4.25. The Kier molecular flexibility index (Phi) is 6.69. The van der Waals surface area contributed by atoms with Crippen molar-refractivity contribution in [1.29, 1.82) is 0 Å². The zero-order valence-corrected chi connectivity index (χ0v) is 19.1. The summed E-state index contributed by atoms with van der Waals surface area (Å²) in [6, 6.07) is 12.8. The van der Waals surface area contributed by atoms with E-state index in [0.29, 0.717) is 5.69 Å². The summed E-state index contributed by atoms with van der Waals surface area (Å²) in [4.78, 5) is 38.5. The van der Waals surface area contributed by atoms with Crippen molar-refractivity contribution in [1.82, 2.24) is 9.78 Å². The van der Waals surface area contributed by atoms with Gasteiger partial charge in [-0.3, -0.25) is 9.59 Å². The summed E-state index contributed by atoms with van der Waals surface area (Å²) in [7, 11) is 0. The van der Waals surface area contributed by atoms with E-state index in [1.165, 1.54) is 18.2 Å². The molecule has 0 bridgehead atoms. The lowest BCUT2D eigenvalue weighted by atomic mass is 10.2. The molecule has 2 aromatic carbocycles. The van der Waals surface area contributed by atoms with Crippen LogP contribution in [0.2, 0.25) is 0 Å². The topological polar surface area (TPSA) is 99.5 Å². The van der Waals surface area contributed by atoms with E-state index in [9.17, 15) is 18.8 Å². The second kappa shape index (κ2) is 9.84. The molecule has 1 amide bonds. The molecule has 8 nitrogen and oxygen atoms in total. The van der Waals surface area contributed by atoms with Crippen molar-refractivity contribution in [2.24, 2.45) is 0 Å². The van der Waals surface area contributed by atoms with Crippen molar-refractivity contribution in [3.8, 4) is 11.4 Å². The van der Waals surface area contributed by atoms with E-state index < -0.39 is 29.9 Å². The third-order valence-corrected chi connectivity index (χ3v) is 5.71. The first-order chi connectivity index (χ1) is 16.4. The Balaban J connectivity index is 1.73. The van der Waals surface area contributed by atoms with Gasteiger partial charge in [-0.05, 0) is 43.7 Å². The Morgan fingerprint density at radius 1 is 1.18 bits per heavy atom. The van der Waals surface area contributed by atoms with Gasteiger partial charge in [-0.15, -0.1) is 11.3 Å². The number of esters is 1. The fourth-order valence-electron chi connectivity index (χ4n) is 3.29. The molecule has 0 aliphatic heterocycles. The molecule has 0 fully saturated rings. The molecule has 0 radical (unpaired) electrons. The first-order valence-corrected chi connectivity index (χ1v) is 11.2. The molecule has 0 aliphatic rings. The van der Waals surface area contributed by atoms with Crippen LogP contribution in [0.5, 0.6) is 5.75 Å². The number of amides is 1. The summed E-state index contributed by atoms with van der Waals surface area (Å²) in [5.41, 5.74) is 0.800. The van der Waals surface area contributed by atoms with Gasteiger partial charge in [0.05, 0.1) is 17.7 Å². The van der Waals surface area contributed by atoms with Gasteiger partial charge in [0.2, 0.25) is 0 Å². The van der Waals surface area contributed by atoms with Crippen LogP contribution in [0.15, 0.2) is 58.7 Å². The number of aryl methyl sites for hydroxylation is 1. The maximum Gasteiger partial charge on any atom is 0.359 e. The van der Waals surface area contributed by atoms with Gasteiger partial charge < -0.3 is 14.8 Å².